The fourth-order valence-electron chi connectivity index (χ4n) is 5.74. The average Bonchev–Trinajstić information content (AvgIpc) is 3.46. The Morgan fingerprint density at radius 1 is 1.12 bits per heavy atom. The summed E-state index contributed by atoms with van der Waals surface area (Å²) in [6, 6.07) is 8.35. The van der Waals surface area contributed by atoms with Gasteiger partial charge in [-0.15, -0.1) is 0 Å². The van der Waals surface area contributed by atoms with Gasteiger partial charge in [-0.2, -0.15) is 10.2 Å². The Bertz CT molecular complexity index is 1330. The zero-order valence-corrected chi connectivity index (χ0v) is 18.8. The number of piperidine rings is 1. The van der Waals surface area contributed by atoms with E-state index in [4.69, 9.17) is 10.7 Å². The fraction of sp³-hybridized carbons (Fsp3) is 0.417. The molecule has 0 aromatic carbocycles. The standard InChI is InChI=1S/C24H28N8/c1-15-13-20(30(3)29-15)21-16(2)28-23(19-6-10-27-32(19)21)31-11-7-24(8-12-31)14-18-17(22(24)25)5-4-9-26-18/h4-6,9-10,13,22H,7-8,11-12,14,25H2,1-3H3/t22-/m1/s1. The number of aryl methyl sites for hydroxylation is 3. The number of nitrogens with two attached hydrogens (primary N) is 1. The van der Waals surface area contributed by atoms with Gasteiger partial charge in [0.05, 0.1) is 23.3 Å². The number of anilines is 1. The second-order valence-corrected chi connectivity index (χ2v) is 9.34. The van der Waals surface area contributed by atoms with Crippen LogP contribution in [0.3, 0.4) is 0 Å². The van der Waals surface area contributed by atoms with Crippen LogP contribution in [-0.4, -0.2) is 42.5 Å². The van der Waals surface area contributed by atoms with Crippen molar-refractivity contribution in [1.82, 2.24) is 29.4 Å². The van der Waals surface area contributed by atoms with Crippen molar-refractivity contribution in [2.45, 2.75) is 39.2 Å². The van der Waals surface area contributed by atoms with Crippen LogP contribution in [0, 0.1) is 19.3 Å². The van der Waals surface area contributed by atoms with E-state index in [2.05, 4.69) is 45.2 Å². The molecule has 4 aromatic heterocycles. The summed E-state index contributed by atoms with van der Waals surface area (Å²) in [6.07, 6.45) is 6.79. The van der Waals surface area contributed by atoms with Gasteiger partial charge in [0.15, 0.2) is 5.82 Å². The monoisotopic (exact) mass is 428 g/mol. The van der Waals surface area contributed by atoms with Crippen LogP contribution in [-0.2, 0) is 13.5 Å². The molecule has 0 bridgehead atoms. The summed E-state index contributed by atoms with van der Waals surface area (Å²) in [7, 11) is 1.97. The highest BCUT2D eigenvalue weighted by atomic mass is 15.3. The van der Waals surface area contributed by atoms with Crippen molar-refractivity contribution in [3.63, 3.8) is 0 Å². The van der Waals surface area contributed by atoms with Gasteiger partial charge in [0.1, 0.15) is 11.2 Å². The van der Waals surface area contributed by atoms with Crippen molar-refractivity contribution in [2.24, 2.45) is 18.2 Å². The molecule has 164 valence electrons. The molecule has 1 spiro atoms. The lowest BCUT2D eigenvalue weighted by Crippen LogP contribution is -2.44. The molecule has 1 fully saturated rings. The minimum absolute atomic E-state index is 0.0634. The van der Waals surface area contributed by atoms with E-state index in [9.17, 15) is 0 Å². The lowest BCUT2D eigenvalue weighted by molar-refractivity contribution is 0.187. The number of aromatic nitrogens is 6. The van der Waals surface area contributed by atoms with E-state index in [1.54, 1.807) is 0 Å². The van der Waals surface area contributed by atoms with Crippen LogP contribution >= 0.6 is 0 Å². The van der Waals surface area contributed by atoms with E-state index in [0.717, 1.165) is 66.5 Å². The number of nitrogens with zero attached hydrogens (tertiary/aromatic N) is 7. The third-order valence-electron chi connectivity index (χ3n) is 7.44. The van der Waals surface area contributed by atoms with Crippen LogP contribution in [0.25, 0.3) is 16.9 Å². The highest BCUT2D eigenvalue weighted by Crippen LogP contribution is 2.50. The Hall–Kier alpha value is -3.26. The molecular formula is C24H28N8. The summed E-state index contributed by atoms with van der Waals surface area (Å²) in [5.74, 6) is 1.000. The van der Waals surface area contributed by atoms with Crippen LogP contribution in [0.2, 0.25) is 0 Å². The predicted molar refractivity (Wildman–Crippen MR) is 123 cm³/mol. The molecule has 1 aliphatic carbocycles. The van der Waals surface area contributed by atoms with Gasteiger partial charge in [-0.1, -0.05) is 6.07 Å². The van der Waals surface area contributed by atoms with Crippen molar-refractivity contribution < 1.29 is 0 Å². The number of fused-ring (bicyclic) bond motifs is 2. The fourth-order valence-corrected chi connectivity index (χ4v) is 5.74. The molecule has 5 heterocycles. The molecule has 0 unspecified atom stereocenters. The molecular weight excluding hydrogens is 400 g/mol. The quantitative estimate of drug-likeness (QED) is 0.528. The third kappa shape index (κ3) is 2.72. The van der Waals surface area contributed by atoms with Crippen molar-refractivity contribution in [1.29, 1.82) is 0 Å². The van der Waals surface area contributed by atoms with Crippen molar-refractivity contribution in [3.05, 3.63) is 59.3 Å². The number of pyridine rings is 1. The first-order valence-electron chi connectivity index (χ1n) is 11.3. The number of hydrogen-bond acceptors (Lipinski definition) is 6. The van der Waals surface area contributed by atoms with Crippen molar-refractivity contribution in [2.75, 3.05) is 18.0 Å². The summed E-state index contributed by atoms with van der Waals surface area (Å²) in [4.78, 5) is 12.1. The highest BCUT2D eigenvalue weighted by Gasteiger charge is 2.46. The van der Waals surface area contributed by atoms with Crippen LogP contribution in [0.15, 0.2) is 36.7 Å². The zero-order chi connectivity index (χ0) is 22.0. The Morgan fingerprint density at radius 3 is 2.66 bits per heavy atom. The third-order valence-corrected chi connectivity index (χ3v) is 7.44. The van der Waals surface area contributed by atoms with Crippen LogP contribution in [0.1, 0.15) is 41.5 Å². The largest absolute Gasteiger partial charge is 0.355 e. The maximum absolute atomic E-state index is 6.74. The number of rotatable bonds is 2. The van der Waals surface area contributed by atoms with Gasteiger partial charge < -0.3 is 10.6 Å². The first kappa shape index (κ1) is 19.4. The van der Waals surface area contributed by atoms with E-state index in [0.29, 0.717) is 0 Å². The summed E-state index contributed by atoms with van der Waals surface area (Å²) in [5, 5.41) is 9.17. The lowest BCUT2D eigenvalue weighted by Gasteiger charge is -2.42. The van der Waals surface area contributed by atoms with Crippen LogP contribution in [0.5, 0.6) is 0 Å². The van der Waals surface area contributed by atoms with E-state index in [1.807, 2.05) is 41.6 Å². The Balaban J connectivity index is 1.34. The van der Waals surface area contributed by atoms with Gasteiger partial charge in [-0.05, 0) is 62.3 Å². The van der Waals surface area contributed by atoms with Crippen LogP contribution < -0.4 is 10.6 Å². The molecule has 1 aliphatic heterocycles. The van der Waals surface area contributed by atoms with Crippen molar-refractivity contribution in [3.8, 4) is 11.4 Å². The Labute approximate surface area is 187 Å². The molecule has 1 atom stereocenters. The van der Waals surface area contributed by atoms with Gasteiger partial charge in [0, 0.05) is 38.1 Å². The number of hydrogen-bond donors (Lipinski definition) is 1. The van der Waals surface area contributed by atoms with E-state index in [1.165, 1.54) is 11.3 Å². The summed E-state index contributed by atoms with van der Waals surface area (Å²) in [5.41, 5.74) is 14.2. The minimum atomic E-state index is 0.0634. The maximum atomic E-state index is 6.74. The normalized spacial score (nSPS) is 19.8. The topological polar surface area (TPSA) is 90.2 Å². The molecule has 8 nitrogen and oxygen atoms in total. The molecule has 32 heavy (non-hydrogen) atoms. The first-order valence-corrected chi connectivity index (χ1v) is 11.3. The van der Waals surface area contributed by atoms with Gasteiger partial charge in [-0.3, -0.25) is 9.67 Å². The minimum Gasteiger partial charge on any atom is -0.355 e. The molecule has 6 rings (SSSR count). The van der Waals surface area contributed by atoms with Gasteiger partial charge in [-0.25, -0.2) is 9.50 Å². The molecule has 8 heteroatoms. The summed E-state index contributed by atoms with van der Waals surface area (Å²) in [6.45, 7) is 5.92. The average molecular weight is 429 g/mol. The molecule has 2 aliphatic rings. The molecule has 4 aromatic rings. The van der Waals surface area contributed by atoms with Crippen molar-refractivity contribution >= 4 is 11.3 Å². The van der Waals surface area contributed by atoms with E-state index in [-0.39, 0.29) is 11.5 Å². The first-order chi connectivity index (χ1) is 15.5. The smallest absolute Gasteiger partial charge is 0.155 e. The molecule has 0 radical (unpaired) electrons. The molecule has 1 saturated heterocycles. The van der Waals surface area contributed by atoms with E-state index < -0.39 is 0 Å². The second kappa shape index (κ2) is 6.87. The molecule has 0 saturated carbocycles. The predicted octanol–water partition coefficient (Wildman–Crippen LogP) is 2.98. The Morgan fingerprint density at radius 2 is 1.94 bits per heavy atom. The van der Waals surface area contributed by atoms with Gasteiger partial charge in [0.2, 0.25) is 0 Å². The Kier molecular flexibility index (Phi) is 4.17. The lowest BCUT2D eigenvalue weighted by atomic mass is 9.73. The summed E-state index contributed by atoms with van der Waals surface area (Å²) >= 11 is 0. The van der Waals surface area contributed by atoms with Gasteiger partial charge >= 0.3 is 0 Å². The maximum Gasteiger partial charge on any atom is 0.155 e. The van der Waals surface area contributed by atoms with Crippen LogP contribution in [0.4, 0.5) is 5.82 Å². The van der Waals surface area contributed by atoms with E-state index >= 15 is 0 Å². The second-order valence-electron chi connectivity index (χ2n) is 9.34. The molecule has 0 amide bonds. The highest BCUT2D eigenvalue weighted by molar-refractivity contribution is 5.74. The summed E-state index contributed by atoms with van der Waals surface area (Å²) < 4.78 is 3.91. The SMILES string of the molecule is Cc1cc(-c2c(C)nc(N3CCC4(CC3)Cc3ncccc3[C@H]4N)c3ccnn23)n(C)n1. The molecule has 2 N–H and O–H groups in total. The van der Waals surface area contributed by atoms with Gasteiger partial charge in [0.25, 0.3) is 0 Å². The zero-order valence-electron chi connectivity index (χ0n) is 18.8.